The normalized spacial score (nSPS) is 16.4. The van der Waals surface area contributed by atoms with E-state index in [1.165, 1.54) is 12.8 Å². The molecule has 2 rings (SSSR count). The van der Waals surface area contributed by atoms with Crippen molar-refractivity contribution in [3.05, 3.63) is 23.9 Å². The number of anilines is 1. The highest BCUT2D eigenvalue weighted by Gasteiger charge is 2.37. The number of pyridine rings is 1. The van der Waals surface area contributed by atoms with Gasteiger partial charge in [-0.2, -0.15) is 0 Å². The third kappa shape index (κ3) is 2.96. The molecule has 0 atom stereocenters. The molecule has 17 heavy (non-hydrogen) atoms. The molecule has 4 heteroatoms. The summed E-state index contributed by atoms with van der Waals surface area (Å²) in [5.74, 6) is 0.308. The fraction of sp³-hybridized carbons (Fsp3) is 0.538. The molecule has 1 N–H and O–H groups in total. The summed E-state index contributed by atoms with van der Waals surface area (Å²) < 4.78 is 5.00. The van der Waals surface area contributed by atoms with Crippen LogP contribution in [0.25, 0.3) is 0 Å². The molecule has 0 amide bonds. The van der Waals surface area contributed by atoms with Crippen LogP contribution in [-0.2, 0) is 4.74 Å². The summed E-state index contributed by atoms with van der Waals surface area (Å²) in [5, 5.41) is 3.24. The Hall–Kier alpha value is -1.58. The molecule has 1 fully saturated rings. The maximum atomic E-state index is 11.7. The molecule has 4 nitrogen and oxygen atoms in total. The predicted molar refractivity (Wildman–Crippen MR) is 66.0 cm³/mol. The van der Waals surface area contributed by atoms with Crippen molar-refractivity contribution in [2.24, 2.45) is 5.41 Å². The Labute approximate surface area is 101 Å². The fourth-order valence-corrected chi connectivity index (χ4v) is 1.61. The average molecular weight is 234 g/mol. The van der Waals surface area contributed by atoms with Crippen LogP contribution in [-0.4, -0.2) is 24.1 Å². The number of carbonyl (C=O) groups is 1. The molecule has 0 bridgehead atoms. The van der Waals surface area contributed by atoms with Crippen molar-refractivity contribution in [3.63, 3.8) is 0 Å². The summed E-state index contributed by atoms with van der Waals surface area (Å²) in [6, 6.07) is 3.48. The second-order valence-electron chi connectivity index (χ2n) is 4.78. The van der Waals surface area contributed by atoms with Gasteiger partial charge in [-0.05, 0) is 37.3 Å². The van der Waals surface area contributed by atoms with E-state index >= 15 is 0 Å². The van der Waals surface area contributed by atoms with Crippen LogP contribution in [0.1, 0.15) is 37.0 Å². The van der Waals surface area contributed by atoms with E-state index < -0.39 is 0 Å². The summed E-state index contributed by atoms with van der Waals surface area (Å²) in [7, 11) is 0. The Balaban J connectivity index is 2.07. The minimum atomic E-state index is -0.316. The lowest BCUT2D eigenvalue weighted by atomic mass is 10.1. The van der Waals surface area contributed by atoms with Gasteiger partial charge in [0.2, 0.25) is 0 Å². The average Bonchev–Trinajstić information content (AvgIpc) is 3.06. The molecule has 1 heterocycles. The van der Waals surface area contributed by atoms with E-state index in [1.807, 2.05) is 0 Å². The first-order valence-electron chi connectivity index (χ1n) is 6.01. The molecule has 1 aromatic rings. The molecule has 0 unspecified atom stereocenters. The van der Waals surface area contributed by atoms with Crippen molar-refractivity contribution >= 4 is 11.8 Å². The van der Waals surface area contributed by atoms with Gasteiger partial charge in [-0.3, -0.25) is 0 Å². The lowest BCUT2D eigenvalue weighted by Crippen LogP contribution is -2.16. The van der Waals surface area contributed by atoms with E-state index in [2.05, 4.69) is 17.2 Å². The Kier molecular flexibility index (Phi) is 3.31. The quantitative estimate of drug-likeness (QED) is 0.795. The molecule has 0 spiro atoms. The van der Waals surface area contributed by atoms with Gasteiger partial charge in [-0.25, -0.2) is 9.78 Å². The minimum absolute atomic E-state index is 0.316. The Morgan fingerprint density at radius 2 is 2.35 bits per heavy atom. The zero-order valence-electron chi connectivity index (χ0n) is 10.3. The molecular formula is C13H18N2O2. The van der Waals surface area contributed by atoms with E-state index in [1.54, 1.807) is 25.3 Å². The van der Waals surface area contributed by atoms with Gasteiger partial charge in [0.15, 0.2) is 0 Å². The number of esters is 1. The summed E-state index contributed by atoms with van der Waals surface area (Å²) in [4.78, 5) is 15.9. The monoisotopic (exact) mass is 234 g/mol. The van der Waals surface area contributed by atoms with Crippen molar-refractivity contribution in [1.82, 2.24) is 4.98 Å². The molecule has 0 aromatic carbocycles. The van der Waals surface area contributed by atoms with Gasteiger partial charge < -0.3 is 10.1 Å². The van der Waals surface area contributed by atoms with Crippen molar-refractivity contribution in [3.8, 4) is 0 Å². The van der Waals surface area contributed by atoms with Crippen LogP contribution in [0.3, 0.4) is 0 Å². The molecule has 0 radical (unpaired) electrons. The molecule has 1 aromatic heterocycles. The van der Waals surface area contributed by atoms with Crippen LogP contribution in [0.15, 0.2) is 18.3 Å². The zero-order chi connectivity index (χ0) is 12.3. The van der Waals surface area contributed by atoms with Crippen molar-refractivity contribution in [2.75, 3.05) is 18.5 Å². The lowest BCUT2D eigenvalue weighted by molar-refractivity contribution is 0.0527. The summed E-state index contributed by atoms with van der Waals surface area (Å²) >= 11 is 0. The topological polar surface area (TPSA) is 51.2 Å². The molecule has 0 aliphatic heterocycles. The fourth-order valence-electron chi connectivity index (χ4n) is 1.61. The van der Waals surface area contributed by atoms with Crippen LogP contribution < -0.4 is 5.32 Å². The van der Waals surface area contributed by atoms with Gasteiger partial charge in [0.25, 0.3) is 0 Å². The Morgan fingerprint density at radius 3 is 3.00 bits per heavy atom. The maximum Gasteiger partial charge on any atom is 0.341 e. The second-order valence-corrected chi connectivity index (χ2v) is 4.78. The third-order valence-electron chi connectivity index (χ3n) is 3.09. The van der Waals surface area contributed by atoms with Gasteiger partial charge >= 0.3 is 5.97 Å². The number of aromatic nitrogens is 1. The molecule has 1 aliphatic carbocycles. The Morgan fingerprint density at radius 1 is 1.59 bits per heavy atom. The predicted octanol–water partition coefficient (Wildman–Crippen LogP) is 2.47. The highest BCUT2D eigenvalue weighted by molar-refractivity contribution is 5.94. The highest BCUT2D eigenvalue weighted by Crippen LogP contribution is 2.44. The Bertz CT molecular complexity index is 414. The van der Waals surface area contributed by atoms with Crippen LogP contribution >= 0.6 is 0 Å². The first-order chi connectivity index (χ1) is 8.14. The van der Waals surface area contributed by atoms with E-state index in [0.717, 1.165) is 6.54 Å². The van der Waals surface area contributed by atoms with Crippen LogP contribution in [0, 0.1) is 5.41 Å². The number of hydrogen-bond donors (Lipinski definition) is 1. The van der Waals surface area contributed by atoms with Crippen molar-refractivity contribution < 1.29 is 9.53 Å². The van der Waals surface area contributed by atoms with Gasteiger partial charge in [0.1, 0.15) is 11.4 Å². The third-order valence-corrected chi connectivity index (χ3v) is 3.09. The molecular weight excluding hydrogens is 216 g/mol. The van der Waals surface area contributed by atoms with Crippen molar-refractivity contribution in [1.29, 1.82) is 0 Å². The molecule has 92 valence electrons. The number of carbonyl (C=O) groups excluding carboxylic acids is 1. The van der Waals surface area contributed by atoms with E-state index in [9.17, 15) is 4.79 Å². The number of ether oxygens (including phenoxy) is 1. The molecule has 0 saturated heterocycles. The minimum Gasteiger partial charge on any atom is -0.462 e. The van der Waals surface area contributed by atoms with Gasteiger partial charge in [0.05, 0.1) is 6.61 Å². The SMILES string of the molecule is CCOC(=O)c1cccnc1NCC1(C)CC1. The molecule has 1 saturated carbocycles. The zero-order valence-corrected chi connectivity index (χ0v) is 10.3. The number of hydrogen-bond acceptors (Lipinski definition) is 4. The smallest absolute Gasteiger partial charge is 0.341 e. The summed E-state index contributed by atoms with van der Waals surface area (Å²) in [6.07, 6.45) is 4.16. The number of nitrogens with zero attached hydrogens (tertiary/aromatic N) is 1. The standard InChI is InChI=1S/C13H18N2O2/c1-3-17-12(16)10-5-4-8-14-11(10)15-9-13(2)6-7-13/h4-5,8H,3,6-7,9H2,1-2H3,(H,14,15). The van der Waals surface area contributed by atoms with Crippen molar-refractivity contribution in [2.45, 2.75) is 26.7 Å². The first kappa shape index (κ1) is 11.9. The van der Waals surface area contributed by atoms with Gasteiger partial charge in [0, 0.05) is 12.7 Å². The maximum absolute atomic E-state index is 11.7. The largest absolute Gasteiger partial charge is 0.462 e. The second kappa shape index (κ2) is 4.73. The molecule has 1 aliphatic rings. The van der Waals surface area contributed by atoms with Crippen LogP contribution in [0.2, 0.25) is 0 Å². The van der Waals surface area contributed by atoms with Crippen LogP contribution in [0.5, 0.6) is 0 Å². The van der Waals surface area contributed by atoms with Crippen LogP contribution in [0.4, 0.5) is 5.82 Å². The number of rotatable bonds is 5. The highest BCUT2D eigenvalue weighted by atomic mass is 16.5. The summed E-state index contributed by atoms with van der Waals surface area (Å²) in [6.45, 7) is 5.26. The number of nitrogens with one attached hydrogen (secondary N) is 1. The first-order valence-corrected chi connectivity index (χ1v) is 6.01. The van der Waals surface area contributed by atoms with Gasteiger partial charge in [-0.1, -0.05) is 6.92 Å². The van der Waals surface area contributed by atoms with E-state index in [0.29, 0.717) is 23.4 Å². The lowest BCUT2D eigenvalue weighted by Gasteiger charge is -2.13. The van der Waals surface area contributed by atoms with Gasteiger partial charge in [-0.15, -0.1) is 0 Å². The van der Waals surface area contributed by atoms with E-state index in [-0.39, 0.29) is 5.97 Å². The summed E-state index contributed by atoms with van der Waals surface area (Å²) in [5.41, 5.74) is 0.891. The van der Waals surface area contributed by atoms with E-state index in [4.69, 9.17) is 4.74 Å².